The van der Waals surface area contributed by atoms with Crippen molar-refractivity contribution < 1.29 is 5.11 Å². The highest BCUT2D eigenvalue weighted by Gasteiger charge is 2.25. The third kappa shape index (κ3) is 3.34. The Morgan fingerprint density at radius 2 is 1.64 bits per heavy atom. The van der Waals surface area contributed by atoms with Gasteiger partial charge in [-0.3, -0.25) is 0 Å². The largest absolute Gasteiger partial charge is 0.391 e. The van der Waals surface area contributed by atoms with Gasteiger partial charge in [0.2, 0.25) is 0 Å². The van der Waals surface area contributed by atoms with Gasteiger partial charge in [0.05, 0.1) is 8.04 Å². The highest BCUT2D eigenvalue weighted by molar-refractivity contribution is 14.2. The summed E-state index contributed by atoms with van der Waals surface area (Å²) in [6.07, 6.45) is 6.42. The fraction of sp³-hybridized carbons (Fsp3) is 1.00. The van der Waals surface area contributed by atoms with E-state index in [1.807, 2.05) is 0 Å². The second-order valence-corrected chi connectivity index (χ2v) is 8.29. The Balaban J connectivity index is 2.32. The van der Waals surface area contributed by atoms with Crippen LogP contribution in [0.3, 0.4) is 0 Å². The molecular weight excluding hydrogens is 366 g/mol. The first-order valence-corrected chi connectivity index (χ1v) is 6.67. The molecule has 1 aliphatic carbocycles. The molecule has 0 spiro atoms. The molecule has 0 bridgehead atoms. The normalized spacial score (nSPS) is 24.0. The van der Waals surface area contributed by atoms with Gasteiger partial charge in [-0.15, -0.1) is 0 Å². The fourth-order valence-corrected chi connectivity index (χ4v) is 2.86. The number of aliphatic hydroxyl groups is 1. The monoisotopic (exact) mass is 380 g/mol. The summed E-state index contributed by atoms with van der Waals surface area (Å²) in [6, 6.07) is 0. The summed E-state index contributed by atoms with van der Waals surface area (Å²) >= 11 is 4.61. The van der Waals surface area contributed by atoms with Crippen LogP contribution >= 0.6 is 45.2 Å². The maximum atomic E-state index is 9.74. The van der Waals surface area contributed by atoms with Crippen molar-refractivity contribution >= 4 is 45.2 Å². The lowest BCUT2D eigenvalue weighted by atomic mass is 9.86. The Labute approximate surface area is 95.6 Å². The molecule has 1 nitrogen and oxygen atoms in total. The zero-order chi connectivity index (χ0) is 8.27. The molecule has 1 aliphatic rings. The number of halogens is 2. The smallest absolute Gasteiger partial charge is 0.0887 e. The fourth-order valence-electron chi connectivity index (χ4n) is 1.68. The standard InChI is InChI=1S/C8H14I2O/c9-8(10)7(11)6-4-2-1-3-5-6/h6-8,11H,1-5H2. The van der Waals surface area contributed by atoms with Crippen molar-refractivity contribution in [1.29, 1.82) is 0 Å². The molecule has 0 radical (unpaired) electrons. The average molecular weight is 380 g/mol. The van der Waals surface area contributed by atoms with Gasteiger partial charge in [-0.2, -0.15) is 0 Å². The van der Waals surface area contributed by atoms with Gasteiger partial charge in [0, 0.05) is 0 Å². The molecule has 1 atom stereocenters. The van der Waals surface area contributed by atoms with Gasteiger partial charge >= 0.3 is 0 Å². The van der Waals surface area contributed by atoms with E-state index in [2.05, 4.69) is 45.2 Å². The maximum absolute atomic E-state index is 9.74. The van der Waals surface area contributed by atoms with E-state index < -0.39 is 0 Å². The van der Waals surface area contributed by atoms with Crippen LogP contribution in [0.25, 0.3) is 0 Å². The summed E-state index contributed by atoms with van der Waals surface area (Å²) in [6.45, 7) is 0. The lowest BCUT2D eigenvalue weighted by Crippen LogP contribution is -2.27. The Kier molecular flexibility index (Phi) is 4.98. The lowest BCUT2D eigenvalue weighted by molar-refractivity contribution is 0.104. The molecule has 0 aromatic heterocycles. The first-order chi connectivity index (χ1) is 5.22. The van der Waals surface area contributed by atoms with Crippen LogP contribution in [0.5, 0.6) is 0 Å². The van der Waals surface area contributed by atoms with Gasteiger partial charge in [0.25, 0.3) is 0 Å². The van der Waals surface area contributed by atoms with E-state index in [4.69, 9.17) is 0 Å². The van der Waals surface area contributed by atoms with Crippen molar-refractivity contribution in [3.05, 3.63) is 0 Å². The number of rotatable bonds is 2. The molecule has 1 fully saturated rings. The third-order valence-electron chi connectivity index (χ3n) is 2.39. The second-order valence-electron chi connectivity index (χ2n) is 3.22. The Morgan fingerprint density at radius 1 is 1.09 bits per heavy atom. The lowest BCUT2D eigenvalue weighted by Gasteiger charge is -2.27. The molecular formula is C8H14I2O. The number of alkyl halides is 2. The molecule has 0 aliphatic heterocycles. The molecule has 1 rings (SSSR count). The van der Waals surface area contributed by atoms with Crippen molar-refractivity contribution in [1.82, 2.24) is 0 Å². The van der Waals surface area contributed by atoms with E-state index in [1.54, 1.807) is 0 Å². The van der Waals surface area contributed by atoms with Crippen LogP contribution in [0.4, 0.5) is 0 Å². The van der Waals surface area contributed by atoms with Gasteiger partial charge in [-0.25, -0.2) is 0 Å². The van der Waals surface area contributed by atoms with Crippen LogP contribution in [0.1, 0.15) is 32.1 Å². The summed E-state index contributed by atoms with van der Waals surface area (Å²) in [5.41, 5.74) is 0. The quantitative estimate of drug-likeness (QED) is 0.577. The summed E-state index contributed by atoms with van der Waals surface area (Å²) < 4.78 is 0.383. The highest BCUT2D eigenvalue weighted by atomic mass is 127. The van der Waals surface area contributed by atoms with Crippen LogP contribution in [-0.4, -0.2) is 13.1 Å². The Hall–Kier alpha value is 1.42. The first kappa shape index (κ1) is 10.5. The Bertz CT molecular complexity index is 111. The molecule has 1 N–H and O–H groups in total. The van der Waals surface area contributed by atoms with E-state index in [-0.39, 0.29) is 6.10 Å². The van der Waals surface area contributed by atoms with Gasteiger partial charge in [0.1, 0.15) is 0 Å². The minimum atomic E-state index is -0.0727. The summed E-state index contributed by atoms with van der Waals surface area (Å²) in [4.78, 5) is 0. The molecule has 0 amide bonds. The van der Waals surface area contributed by atoms with Crippen LogP contribution in [-0.2, 0) is 0 Å². The zero-order valence-electron chi connectivity index (χ0n) is 6.47. The summed E-state index contributed by atoms with van der Waals surface area (Å²) in [5, 5.41) is 9.74. The van der Waals surface area contributed by atoms with E-state index in [9.17, 15) is 5.11 Å². The van der Waals surface area contributed by atoms with Gasteiger partial charge < -0.3 is 5.11 Å². The van der Waals surface area contributed by atoms with E-state index in [1.165, 1.54) is 32.1 Å². The zero-order valence-corrected chi connectivity index (χ0v) is 10.8. The molecule has 3 heteroatoms. The van der Waals surface area contributed by atoms with Crippen LogP contribution < -0.4 is 0 Å². The predicted octanol–water partition coefficient (Wildman–Crippen LogP) is 3.12. The maximum Gasteiger partial charge on any atom is 0.0887 e. The summed E-state index contributed by atoms with van der Waals surface area (Å²) in [5.74, 6) is 0.586. The van der Waals surface area contributed by atoms with E-state index >= 15 is 0 Å². The number of aliphatic hydroxyl groups excluding tert-OH is 1. The van der Waals surface area contributed by atoms with E-state index in [0.717, 1.165) is 0 Å². The topological polar surface area (TPSA) is 20.2 Å². The Morgan fingerprint density at radius 3 is 2.09 bits per heavy atom. The minimum Gasteiger partial charge on any atom is -0.391 e. The predicted molar refractivity (Wildman–Crippen MR) is 64.4 cm³/mol. The molecule has 66 valence electrons. The van der Waals surface area contributed by atoms with Crippen LogP contribution in [0.2, 0.25) is 0 Å². The van der Waals surface area contributed by atoms with Gasteiger partial charge in [-0.05, 0) is 18.8 Å². The van der Waals surface area contributed by atoms with Crippen molar-refractivity contribution in [2.24, 2.45) is 5.92 Å². The molecule has 0 saturated heterocycles. The summed E-state index contributed by atoms with van der Waals surface area (Å²) in [7, 11) is 0. The van der Waals surface area contributed by atoms with Crippen molar-refractivity contribution in [3.63, 3.8) is 0 Å². The SMILES string of the molecule is OC(C(I)I)C1CCCCC1. The number of hydrogen-bond donors (Lipinski definition) is 1. The first-order valence-electron chi connectivity index (χ1n) is 4.18. The molecule has 0 aromatic rings. The third-order valence-corrected chi connectivity index (χ3v) is 3.86. The molecule has 1 unspecified atom stereocenters. The second kappa shape index (κ2) is 5.21. The van der Waals surface area contributed by atoms with Crippen LogP contribution in [0.15, 0.2) is 0 Å². The van der Waals surface area contributed by atoms with E-state index in [0.29, 0.717) is 7.85 Å². The molecule has 0 heterocycles. The average Bonchev–Trinajstić information content (AvgIpc) is 2.05. The van der Waals surface area contributed by atoms with Gasteiger partial charge in [0.15, 0.2) is 0 Å². The minimum absolute atomic E-state index is 0.0727. The highest BCUT2D eigenvalue weighted by Crippen LogP contribution is 2.31. The van der Waals surface area contributed by atoms with Crippen molar-refractivity contribution in [2.75, 3.05) is 0 Å². The molecule has 1 saturated carbocycles. The van der Waals surface area contributed by atoms with Crippen LogP contribution in [0, 0.1) is 5.92 Å². The number of hydrogen-bond acceptors (Lipinski definition) is 1. The molecule has 0 aromatic carbocycles. The van der Waals surface area contributed by atoms with Crippen molar-refractivity contribution in [2.45, 2.75) is 40.1 Å². The van der Waals surface area contributed by atoms with Gasteiger partial charge in [-0.1, -0.05) is 64.4 Å². The van der Waals surface area contributed by atoms with Crippen molar-refractivity contribution in [3.8, 4) is 0 Å². The molecule has 11 heavy (non-hydrogen) atoms.